The van der Waals surface area contributed by atoms with Crippen molar-refractivity contribution in [3.8, 4) is 0 Å². The van der Waals surface area contributed by atoms with Gasteiger partial charge in [0.1, 0.15) is 11.7 Å². The molecule has 3 N–H and O–H groups in total. The molecular weight excluding hydrogens is 319 g/mol. The lowest BCUT2D eigenvalue weighted by molar-refractivity contribution is -0.388. The van der Waals surface area contributed by atoms with E-state index in [0.29, 0.717) is 18.9 Å². The molecule has 0 aromatic heterocycles. The first kappa shape index (κ1) is 17.0. The number of rotatable bonds is 5. The average Bonchev–Trinajstić information content (AvgIpc) is 2.93. The number of anilines is 1. The Morgan fingerprint density at radius 2 is 2.13 bits per heavy atom. The van der Waals surface area contributed by atoms with Crippen molar-refractivity contribution in [1.82, 2.24) is 0 Å². The number of ether oxygens (including phenoxy) is 1. The first-order chi connectivity index (χ1) is 10.7. The number of halogens is 3. The Morgan fingerprint density at radius 1 is 1.43 bits per heavy atom. The summed E-state index contributed by atoms with van der Waals surface area (Å²) in [6.45, 7) is 0.166. The van der Waals surface area contributed by atoms with Crippen LogP contribution in [0.4, 0.5) is 24.5 Å². The highest BCUT2D eigenvalue weighted by Gasteiger charge is 2.38. The normalized spacial score (nSPS) is 21.2. The van der Waals surface area contributed by atoms with Gasteiger partial charge < -0.3 is 15.8 Å². The van der Waals surface area contributed by atoms with Crippen LogP contribution in [0.5, 0.6) is 0 Å². The SMILES string of the molecule is NC(=O)C1CCC(CNc2ccc([N+](=O)[O-])c(C(F)(F)F)c2)O1. The maximum Gasteiger partial charge on any atom is 0.423 e. The highest BCUT2D eigenvalue weighted by Crippen LogP contribution is 2.37. The predicted molar refractivity (Wildman–Crippen MR) is 73.7 cm³/mol. The molecule has 2 rings (SSSR count). The number of nitrogens with zero attached hydrogens (tertiary/aromatic N) is 1. The van der Waals surface area contributed by atoms with Crippen LogP contribution in [0.2, 0.25) is 0 Å². The van der Waals surface area contributed by atoms with Crippen LogP contribution in [-0.4, -0.2) is 29.6 Å². The number of nitro benzene ring substituents is 1. The summed E-state index contributed by atoms with van der Waals surface area (Å²) >= 11 is 0. The van der Waals surface area contributed by atoms with Crippen LogP contribution < -0.4 is 11.1 Å². The van der Waals surface area contributed by atoms with E-state index in [-0.39, 0.29) is 18.3 Å². The molecule has 1 heterocycles. The van der Waals surface area contributed by atoms with Gasteiger partial charge in [-0.3, -0.25) is 14.9 Å². The molecule has 0 spiro atoms. The van der Waals surface area contributed by atoms with Crippen LogP contribution in [0.25, 0.3) is 0 Å². The number of benzene rings is 1. The topological polar surface area (TPSA) is 107 Å². The Morgan fingerprint density at radius 3 is 2.65 bits per heavy atom. The van der Waals surface area contributed by atoms with Gasteiger partial charge in [0.15, 0.2) is 0 Å². The number of nitrogens with one attached hydrogen (secondary N) is 1. The van der Waals surface area contributed by atoms with E-state index in [1.54, 1.807) is 0 Å². The molecule has 10 heteroatoms. The van der Waals surface area contributed by atoms with Gasteiger partial charge in [-0.1, -0.05) is 0 Å². The van der Waals surface area contributed by atoms with Gasteiger partial charge in [-0.2, -0.15) is 13.2 Å². The molecule has 1 aromatic carbocycles. The molecular formula is C13H14F3N3O4. The van der Waals surface area contributed by atoms with Gasteiger partial charge >= 0.3 is 6.18 Å². The second kappa shape index (κ2) is 6.41. The summed E-state index contributed by atoms with van der Waals surface area (Å²) in [7, 11) is 0. The van der Waals surface area contributed by atoms with Gasteiger partial charge in [0, 0.05) is 18.3 Å². The van der Waals surface area contributed by atoms with Crippen molar-refractivity contribution >= 4 is 17.3 Å². The summed E-state index contributed by atoms with van der Waals surface area (Å²) in [6.07, 6.45) is -4.89. The third kappa shape index (κ3) is 4.09. The summed E-state index contributed by atoms with van der Waals surface area (Å²) in [5.74, 6) is -0.581. The molecule has 0 aliphatic carbocycles. The van der Waals surface area contributed by atoms with E-state index in [4.69, 9.17) is 10.5 Å². The van der Waals surface area contributed by atoms with Crippen molar-refractivity contribution in [2.45, 2.75) is 31.2 Å². The zero-order valence-electron chi connectivity index (χ0n) is 11.8. The summed E-state index contributed by atoms with van der Waals surface area (Å²) in [5, 5.41) is 13.4. The zero-order chi connectivity index (χ0) is 17.2. The van der Waals surface area contributed by atoms with Gasteiger partial charge in [-0.25, -0.2) is 0 Å². The molecule has 1 aliphatic heterocycles. The van der Waals surface area contributed by atoms with Crippen molar-refractivity contribution in [2.75, 3.05) is 11.9 Å². The molecule has 126 valence electrons. The Balaban J connectivity index is 2.07. The van der Waals surface area contributed by atoms with E-state index < -0.39 is 34.4 Å². The van der Waals surface area contributed by atoms with E-state index in [1.807, 2.05) is 0 Å². The maximum atomic E-state index is 12.9. The van der Waals surface area contributed by atoms with Crippen molar-refractivity contribution in [1.29, 1.82) is 0 Å². The minimum Gasteiger partial charge on any atom is -0.382 e. The molecule has 0 saturated carbocycles. The van der Waals surface area contributed by atoms with Crippen LogP contribution in [-0.2, 0) is 15.7 Å². The van der Waals surface area contributed by atoms with E-state index >= 15 is 0 Å². The molecule has 1 aliphatic rings. The first-order valence-corrected chi connectivity index (χ1v) is 6.72. The zero-order valence-corrected chi connectivity index (χ0v) is 11.8. The van der Waals surface area contributed by atoms with E-state index in [1.165, 1.54) is 6.07 Å². The molecule has 2 atom stereocenters. The largest absolute Gasteiger partial charge is 0.423 e. The molecule has 23 heavy (non-hydrogen) atoms. The minimum absolute atomic E-state index is 0.0778. The van der Waals surface area contributed by atoms with Gasteiger partial charge in [0.2, 0.25) is 5.91 Å². The van der Waals surface area contributed by atoms with E-state index in [9.17, 15) is 28.1 Å². The summed E-state index contributed by atoms with van der Waals surface area (Å²) in [6, 6.07) is 2.67. The Labute approximate surface area is 128 Å². The second-order valence-electron chi connectivity index (χ2n) is 5.09. The number of hydrogen-bond acceptors (Lipinski definition) is 5. The number of carbonyl (C=O) groups is 1. The fourth-order valence-electron chi connectivity index (χ4n) is 2.33. The van der Waals surface area contributed by atoms with Gasteiger partial charge in [-0.05, 0) is 25.0 Å². The van der Waals surface area contributed by atoms with Crippen LogP contribution in [0.15, 0.2) is 18.2 Å². The third-order valence-corrected chi connectivity index (χ3v) is 3.46. The van der Waals surface area contributed by atoms with Gasteiger partial charge in [0.05, 0.1) is 11.0 Å². The number of nitro groups is 1. The number of primary amides is 1. The summed E-state index contributed by atoms with van der Waals surface area (Å²) in [4.78, 5) is 20.6. The molecule has 0 radical (unpaired) electrons. The molecule has 1 saturated heterocycles. The Kier molecular flexibility index (Phi) is 4.73. The van der Waals surface area contributed by atoms with Crippen molar-refractivity contribution in [3.05, 3.63) is 33.9 Å². The van der Waals surface area contributed by atoms with Crippen LogP contribution >= 0.6 is 0 Å². The number of alkyl halides is 3. The fraction of sp³-hybridized carbons (Fsp3) is 0.462. The number of amides is 1. The van der Waals surface area contributed by atoms with Gasteiger partial charge in [0.25, 0.3) is 5.69 Å². The molecule has 1 fully saturated rings. The highest BCUT2D eigenvalue weighted by molar-refractivity contribution is 5.79. The smallest absolute Gasteiger partial charge is 0.382 e. The van der Waals surface area contributed by atoms with Crippen molar-refractivity contribution in [3.63, 3.8) is 0 Å². The second-order valence-corrected chi connectivity index (χ2v) is 5.09. The molecule has 7 nitrogen and oxygen atoms in total. The quantitative estimate of drug-likeness (QED) is 0.633. The van der Waals surface area contributed by atoms with E-state index in [0.717, 1.165) is 6.07 Å². The van der Waals surface area contributed by atoms with Crippen LogP contribution in [0, 0.1) is 10.1 Å². The van der Waals surface area contributed by atoms with Crippen LogP contribution in [0.3, 0.4) is 0 Å². The molecule has 2 unspecified atom stereocenters. The monoisotopic (exact) mass is 333 g/mol. The number of hydrogen-bond donors (Lipinski definition) is 2. The summed E-state index contributed by atoms with van der Waals surface area (Å²) in [5.41, 5.74) is 2.85. The number of carbonyl (C=O) groups excluding carboxylic acids is 1. The Bertz CT molecular complexity index is 621. The van der Waals surface area contributed by atoms with Crippen molar-refractivity contribution in [2.24, 2.45) is 5.73 Å². The minimum atomic E-state index is -4.83. The highest BCUT2D eigenvalue weighted by atomic mass is 19.4. The molecule has 1 aromatic rings. The fourth-order valence-corrected chi connectivity index (χ4v) is 2.33. The standard InChI is InChI=1S/C13H14F3N3O4/c14-13(15,16)9-5-7(1-3-10(9)19(21)22)18-6-8-2-4-11(23-8)12(17)20/h1,3,5,8,11,18H,2,4,6H2,(H2,17,20). The van der Waals surface area contributed by atoms with Gasteiger partial charge in [-0.15, -0.1) is 0 Å². The average molecular weight is 333 g/mol. The first-order valence-electron chi connectivity index (χ1n) is 6.72. The lowest BCUT2D eigenvalue weighted by Gasteiger charge is -2.15. The molecule has 0 bridgehead atoms. The Hall–Kier alpha value is -2.36. The lowest BCUT2D eigenvalue weighted by atomic mass is 10.1. The lowest BCUT2D eigenvalue weighted by Crippen LogP contribution is -2.30. The number of nitrogens with two attached hydrogens (primary N) is 1. The summed E-state index contributed by atoms with van der Waals surface area (Å²) < 4.78 is 43.9. The van der Waals surface area contributed by atoms with E-state index in [2.05, 4.69) is 5.32 Å². The maximum absolute atomic E-state index is 12.9. The van der Waals surface area contributed by atoms with Crippen LogP contribution in [0.1, 0.15) is 18.4 Å². The third-order valence-electron chi connectivity index (χ3n) is 3.46. The molecule has 1 amide bonds. The van der Waals surface area contributed by atoms with Crippen molar-refractivity contribution < 1.29 is 27.6 Å². The predicted octanol–water partition coefficient (Wildman–Crippen LogP) is 2.06.